The normalized spacial score (nSPS) is 21.0. The van der Waals surface area contributed by atoms with Crippen LogP contribution < -0.4 is 0 Å². The highest BCUT2D eigenvalue weighted by atomic mass is 15.2. The second-order valence-electron chi connectivity index (χ2n) is 2.00. The number of azide groups is 1. The molecule has 0 aliphatic heterocycles. The summed E-state index contributed by atoms with van der Waals surface area (Å²) in [6, 6.07) is 0. The van der Waals surface area contributed by atoms with Crippen LogP contribution >= 0.6 is 0 Å². The molecule has 0 spiro atoms. The predicted molar refractivity (Wildman–Crippen MR) is 31.3 cm³/mol. The van der Waals surface area contributed by atoms with Crippen LogP contribution in [0.2, 0.25) is 0 Å². The van der Waals surface area contributed by atoms with E-state index in [1.54, 1.807) is 6.08 Å². The lowest BCUT2D eigenvalue weighted by Crippen LogP contribution is -1.93. The molecule has 0 aromatic rings. The van der Waals surface area contributed by atoms with Crippen LogP contribution in [-0.4, -0.2) is 5.54 Å². The Morgan fingerprint density at radius 3 is 2.50 bits per heavy atom. The molecule has 3 nitrogen and oxygen atoms in total. The van der Waals surface area contributed by atoms with Crippen molar-refractivity contribution in [1.29, 1.82) is 0 Å². The van der Waals surface area contributed by atoms with Crippen LogP contribution in [-0.2, 0) is 0 Å². The summed E-state index contributed by atoms with van der Waals surface area (Å²) in [4.78, 5) is 2.69. The zero-order valence-electron chi connectivity index (χ0n) is 4.54. The average molecular weight is 109 g/mol. The molecule has 0 aromatic heterocycles. The van der Waals surface area contributed by atoms with E-state index in [4.69, 9.17) is 5.53 Å². The van der Waals surface area contributed by atoms with Crippen LogP contribution in [0.1, 0.15) is 12.8 Å². The van der Waals surface area contributed by atoms with E-state index in [-0.39, 0.29) is 5.54 Å². The third-order valence-electron chi connectivity index (χ3n) is 1.39. The van der Waals surface area contributed by atoms with Gasteiger partial charge in [-0.15, -0.1) is 6.58 Å². The van der Waals surface area contributed by atoms with Crippen LogP contribution in [0.25, 0.3) is 10.4 Å². The highest BCUT2D eigenvalue weighted by Gasteiger charge is 2.38. The first-order valence-corrected chi connectivity index (χ1v) is 2.53. The molecule has 3 heteroatoms. The summed E-state index contributed by atoms with van der Waals surface area (Å²) in [6.07, 6.45) is 3.66. The average Bonchev–Trinajstić information content (AvgIpc) is 2.50. The van der Waals surface area contributed by atoms with Gasteiger partial charge in [0, 0.05) is 4.91 Å². The Bertz CT molecular complexity index is 151. The lowest BCUT2D eigenvalue weighted by Gasteiger charge is -1.92. The summed E-state index contributed by atoms with van der Waals surface area (Å²) >= 11 is 0. The van der Waals surface area contributed by atoms with Gasteiger partial charge >= 0.3 is 0 Å². The molecule has 1 saturated carbocycles. The summed E-state index contributed by atoms with van der Waals surface area (Å²) in [5.41, 5.74) is 7.80. The fourth-order valence-corrected chi connectivity index (χ4v) is 0.562. The lowest BCUT2D eigenvalue weighted by molar-refractivity contribution is 0.846. The van der Waals surface area contributed by atoms with Crippen LogP contribution in [0.5, 0.6) is 0 Å². The van der Waals surface area contributed by atoms with E-state index >= 15 is 0 Å². The van der Waals surface area contributed by atoms with Gasteiger partial charge in [0.05, 0.1) is 5.54 Å². The molecule has 1 aliphatic rings. The van der Waals surface area contributed by atoms with Crippen LogP contribution in [0, 0.1) is 0 Å². The molecular formula is C5H7N3. The minimum atomic E-state index is -0.186. The molecule has 0 unspecified atom stereocenters. The van der Waals surface area contributed by atoms with Gasteiger partial charge in [0.15, 0.2) is 0 Å². The Hall–Kier alpha value is -0.950. The maximum absolute atomic E-state index is 7.98. The van der Waals surface area contributed by atoms with Gasteiger partial charge < -0.3 is 0 Å². The number of hydrogen-bond acceptors (Lipinski definition) is 1. The third-order valence-corrected chi connectivity index (χ3v) is 1.39. The minimum absolute atomic E-state index is 0.186. The maximum Gasteiger partial charge on any atom is 0.0666 e. The summed E-state index contributed by atoms with van der Waals surface area (Å²) in [6.45, 7) is 3.55. The number of nitrogens with zero attached hydrogens (tertiary/aromatic N) is 3. The highest BCUT2D eigenvalue weighted by Crippen LogP contribution is 2.40. The molecule has 0 aromatic carbocycles. The van der Waals surface area contributed by atoms with E-state index in [9.17, 15) is 0 Å². The number of hydrogen-bond donors (Lipinski definition) is 0. The van der Waals surface area contributed by atoms with Crippen molar-refractivity contribution in [2.24, 2.45) is 5.11 Å². The topological polar surface area (TPSA) is 48.8 Å². The van der Waals surface area contributed by atoms with Gasteiger partial charge in [0.1, 0.15) is 0 Å². The Morgan fingerprint density at radius 2 is 2.38 bits per heavy atom. The van der Waals surface area contributed by atoms with Gasteiger partial charge in [-0.05, 0) is 18.4 Å². The summed E-state index contributed by atoms with van der Waals surface area (Å²) in [7, 11) is 0. The van der Waals surface area contributed by atoms with Crippen molar-refractivity contribution in [3.63, 3.8) is 0 Å². The maximum atomic E-state index is 7.98. The number of rotatable bonds is 2. The van der Waals surface area contributed by atoms with Crippen LogP contribution in [0.4, 0.5) is 0 Å². The van der Waals surface area contributed by atoms with Gasteiger partial charge in [-0.25, -0.2) is 0 Å². The SMILES string of the molecule is C=CC1(N=[N+]=[N-])CC1. The minimum Gasteiger partial charge on any atom is -0.102 e. The zero-order valence-corrected chi connectivity index (χ0v) is 4.54. The zero-order chi connectivity index (χ0) is 6.04. The standard InChI is InChI=1S/C5H7N3/c1-2-5(3-4-5)7-8-6/h2H,1,3-4H2. The van der Waals surface area contributed by atoms with E-state index in [2.05, 4.69) is 16.6 Å². The molecular weight excluding hydrogens is 102 g/mol. The first kappa shape index (κ1) is 5.19. The second kappa shape index (κ2) is 1.53. The van der Waals surface area contributed by atoms with Gasteiger partial charge in [0.25, 0.3) is 0 Å². The summed E-state index contributed by atoms with van der Waals surface area (Å²) in [5.74, 6) is 0. The molecule has 0 bridgehead atoms. The third kappa shape index (κ3) is 0.678. The van der Waals surface area contributed by atoms with E-state index < -0.39 is 0 Å². The van der Waals surface area contributed by atoms with Gasteiger partial charge in [-0.2, -0.15) is 0 Å². The van der Waals surface area contributed by atoms with Gasteiger partial charge in [0.2, 0.25) is 0 Å². The van der Waals surface area contributed by atoms with Gasteiger partial charge in [-0.1, -0.05) is 11.2 Å². The fraction of sp³-hybridized carbons (Fsp3) is 0.600. The lowest BCUT2D eigenvalue weighted by atomic mass is 10.3. The Morgan fingerprint density at radius 1 is 1.75 bits per heavy atom. The molecule has 1 fully saturated rings. The Kier molecular flexibility index (Phi) is 0.991. The Balaban J connectivity index is 2.66. The molecule has 0 N–H and O–H groups in total. The van der Waals surface area contributed by atoms with Crippen molar-refractivity contribution in [1.82, 2.24) is 0 Å². The van der Waals surface area contributed by atoms with E-state index in [1.165, 1.54) is 0 Å². The summed E-state index contributed by atoms with van der Waals surface area (Å²) < 4.78 is 0. The first-order valence-electron chi connectivity index (χ1n) is 2.53. The van der Waals surface area contributed by atoms with E-state index in [0.29, 0.717) is 0 Å². The molecule has 0 heterocycles. The molecule has 1 aliphatic carbocycles. The molecule has 42 valence electrons. The molecule has 8 heavy (non-hydrogen) atoms. The molecule has 0 radical (unpaired) electrons. The van der Waals surface area contributed by atoms with Crippen molar-refractivity contribution < 1.29 is 0 Å². The largest absolute Gasteiger partial charge is 0.102 e. The van der Waals surface area contributed by atoms with Crippen molar-refractivity contribution in [3.8, 4) is 0 Å². The smallest absolute Gasteiger partial charge is 0.0666 e. The summed E-state index contributed by atoms with van der Waals surface area (Å²) in [5, 5.41) is 3.55. The Labute approximate surface area is 47.6 Å². The predicted octanol–water partition coefficient (Wildman–Crippen LogP) is 2.02. The van der Waals surface area contributed by atoms with Crippen molar-refractivity contribution in [2.45, 2.75) is 18.4 Å². The van der Waals surface area contributed by atoms with Crippen LogP contribution in [0.3, 0.4) is 0 Å². The molecule has 1 rings (SSSR count). The highest BCUT2D eigenvalue weighted by molar-refractivity contribution is 5.14. The van der Waals surface area contributed by atoms with Crippen molar-refractivity contribution >= 4 is 0 Å². The molecule has 0 saturated heterocycles. The van der Waals surface area contributed by atoms with E-state index in [0.717, 1.165) is 12.8 Å². The van der Waals surface area contributed by atoms with Gasteiger partial charge in [-0.3, -0.25) is 0 Å². The fourth-order valence-electron chi connectivity index (χ4n) is 0.562. The van der Waals surface area contributed by atoms with E-state index in [1.807, 2.05) is 0 Å². The first-order chi connectivity index (χ1) is 3.83. The quantitative estimate of drug-likeness (QED) is 0.225. The van der Waals surface area contributed by atoms with Crippen molar-refractivity contribution in [2.75, 3.05) is 0 Å². The molecule has 0 atom stereocenters. The second-order valence-corrected chi connectivity index (χ2v) is 2.00. The van der Waals surface area contributed by atoms with Crippen molar-refractivity contribution in [3.05, 3.63) is 23.1 Å². The monoisotopic (exact) mass is 109 g/mol. The molecule has 0 amide bonds. The van der Waals surface area contributed by atoms with Crippen LogP contribution in [0.15, 0.2) is 17.8 Å².